The first kappa shape index (κ1) is 22.0. The Labute approximate surface area is 188 Å². The monoisotopic (exact) mass is 438 g/mol. The van der Waals surface area contributed by atoms with Crippen molar-refractivity contribution in [3.63, 3.8) is 0 Å². The average molecular weight is 439 g/mol. The van der Waals surface area contributed by atoms with Crippen molar-refractivity contribution in [2.24, 2.45) is 0 Å². The third kappa shape index (κ3) is 4.36. The minimum absolute atomic E-state index is 0.249. The molecule has 4 rings (SSSR count). The van der Waals surface area contributed by atoms with Crippen LogP contribution in [-0.2, 0) is 4.74 Å². The van der Waals surface area contributed by atoms with Crippen LogP contribution in [0.5, 0.6) is 11.5 Å². The Bertz CT molecular complexity index is 1120. The van der Waals surface area contributed by atoms with Crippen LogP contribution in [0.3, 0.4) is 0 Å². The van der Waals surface area contributed by atoms with E-state index in [-0.39, 0.29) is 5.91 Å². The zero-order chi connectivity index (χ0) is 22.7. The number of anilines is 2. The lowest BCUT2D eigenvalue weighted by atomic mass is 10.2. The second-order valence-corrected chi connectivity index (χ2v) is 7.71. The van der Waals surface area contributed by atoms with Gasteiger partial charge in [-0.25, -0.2) is 4.98 Å². The molecular formula is C24H30N4O4. The largest absolute Gasteiger partial charge is 0.492 e. The second kappa shape index (κ2) is 9.48. The van der Waals surface area contributed by atoms with E-state index in [1.54, 1.807) is 0 Å². The molecule has 3 heterocycles. The van der Waals surface area contributed by atoms with Gasteiger partial charge in [0.25, 0.3) is 5.91 Å². The number of fused-ring (bicyclic) bond motifs is 1. The maximum Gasteiger partial charge on any atom is 0.274 e. The third-order valence-corrected chi connectivity index (χ3v) is 5.43. The van der Waals surface area contributed by atoms with Crippen LogP contribution in [0.25, 0.3) is 5.65 Å². The molecule has 2 aromatic heterocycles. The summed E-state index contributed by atoms with van der Waals surface area (Å²) in [4.78, 5) is 20.1. The summed E-state index contributed by atoms with van der Waals surface area (Å²) in [7, 11) is 0. The normalized spacial score (nSPS) is 13.9. The van der Waals surface area contributed by atoms with Crippen molar-refractivity contribution in [1.29, 1.82) is 0 Å². The van der Waals surface area contributed by atoms with E-state index < -0.39 is 0 Å². The molecule has 0 aliphatic carbocycles. The first-order valence-corrected chi connectivity index (χ1v) is 11.0. The van der Waals surface area contributed by atoms with Gasteiger partial charge in [-0.05, 0) is 45.4 Å². The van der Waals surface area contributed by atoms with E-state index in [1.807, 2.05) is 62.6 Å². The molecule has 1 aliphatic heterocycles. The van der Waals surface area contributed by atoms with Crippen molar-refractivity contribution in [3.8, 4) is 11.5 Å². The van der Waals surface area contributed by atoms with Crippen LogP contribution in [0.4, 0.5) is 11.4 Å². The summed E-state index contributed by atoms with van der Waals surface area (Å²) < 4.78 is 19.1. The predicted molar refractivity (Wildman–Crippen MR) is 124 cm³/mol. The number of amides is 1. The van der Waals surface area contributed by atoms with Gasteiger partial charge >= 0.3 is 0 Å². The molecule has 0 spiro atoms. The smallest absolute Gasteiger partial charge is 0.274 e. The van der Waals surface area contributed by atoms with Gasteiger partial charge in [0.05, 0.1) is 43.5 Å². The molecule has 0 radical (unpaired) electrons. The molecule has 0 bridgehead atoms. The van der Waals surface area contributed by atoms with Gasteiger partial charge in [0.15, 0.2) is 0 Å². The number of benzene rings is 1. The fourth-order valence-corrected chi connectivity index (χ4v) is 3.96. The highest BCUT2D eigenvalue weighted by Gasteiger charge is 2.22. The van der Waals surface area contributed by atoms with Crippen LogP contribution in [0.1, 0.15) is 35.6 Å². The average Bonchev–Trinajstić information content (AvgIpc) is 3.11. The van der Waals surface area contributed by atoms with E-state index in [4.69, 9.17) is 14.2 Å². The van der Waals surface area contributed by atoms with Gasteiger partial charge in [0, 0.05) is 31.4 Å². The lowest BCUT2D eigenvalue weighted by Crippen LogP contribution is -2.36. The molecule has 0 atom stereocenters. The van der Waals surface area contributed by atoms with Crippen LogP contribution in [0.2, 0.25) is 0 Å². The molecule has 1 saturated heterocycles. The minimum Gasteiger partial charge on any atom is -0.492 e. The number of carbonyl (C=O) groups excluding carboxylic acids is 1. The summed E-state index contributed by atoms with van der Waals surface area (Å²) in [5.74, 6) is 1.06. The second-order valence-electron chi connectivity index (χ2n) is 7.71. The van der Waals surface area contributed by atoms with Crippen molar-refractivity contribution >= 4 is 22.9 Å². The maximum atomic E-state index is 13.3. The van der Waals surface area contributed by atoms with E-state index in [2.05, 4.69) is 15.2 Å². The van der Waals surface area contributed by atoms with Crippen molar-refractivity contribution in [3.05, 3.63) is 47.4 Å². The van der Waals surface area contributed by atoms with E-state index in [0.717, 1.165) is 30.0 Å². The van der Waals surface area contributed by atoms with Gasteiger partial charge in [-0.1, -0.05) is 0 Å². The fourth-order valence-electron chi connectivity index (χ4n) is 3.96. The van der Waals surface area contributed by atoms with Crippen LogP contribution in [0.15, 0.2) is 30.5 Å². The van der Waals surface area contributed by atoms with E-state index in [0.29, 0.717) is 55.0 Å². The Morgan fingerprint density at radius 2 is 1.81 bits per heavy atom. The number of ether oxygens (including phenoxy) is 3. The van der Waals surface area contributed by atoms with E-state index >= 15 is 0 Å². The van der Waals surface area contributed by atoms with E-state index in [1.165, 1.54) is 0 Å². The Balaban J connectivity index is 1.71. The first-order chi connectivity index (χ1) is 15.5. The molecule has 1 fully saturated rings. The first-order valence-electron chi connectivity index (χ1n) is 11.0. The minimum atomic E-state index is -0.249. The Morgan fingerprint density at radius 3 is 2.53 bits per heavy atom. The number of hydrogen-bond donors (Lipinski definition) is 1. The number of aryl methyl sites for hydroxylation is 2. The summed E-state index contributed by atoms with van der Waals surface area (Å²) >= 11 is 0. The molecule has 8 heteroatoms. The van der Waals surface area contributed by atoms with Crippen molar-refractivity contribution < 1.29 is 19.0 Å². The van der Waals surface area contributed by atoms with E-state index in [9.17, 15) is 4.79 Å². The van der Waals surface area contributed by atoms with Gasteiger partial charge in [0.1, 0.15) is 22.8 Å². The zero-order valence-corrected chi connectivity index (χ0v) is 19.1. The van der Waals surface area contributed by atoms with Crippen molar-refractivity contribution in [1.82, 2.24) is 9.38 Å². The van der Waals surface area contributed by atoms with Gasteiger partial charge in [0.2, 0.25) is 0 Å². The number of nitrogens with zero attached hydrogens (tertiary/aromatic N) is 3. The molecule has 0 saturated carbocycles. The SMILES string of the molecule is CCOc1cc(N2CCOCC2)c(OCC)cc1NC(=O)c1c(C)nc2cc(C)ccn12. The Morgan fingerprint density at radius 1 is 1.09 bits per heavy atom. The molecule has 1 aliphatic rings. The van der Waals surface area contributed by atoms with Gasteiger partial charge in [-0.15, -0.1) is 0 Å². The molecule has 32 heavy (non-hydrogen) atoms. The molecular weight excluding hydrogens is 408 g/mol. The molecule has 3 aromatic rings. The van der Waals surface area contributed by atoms with Gasteiger partial charge in [-0.2, -0.15) is 0 Å². The Hall–Kier alpha value is -3.26. The summed E-state index contributed by atoms with van der Waals surface area (Å²) in [6.07, 6.45) is 1.87. The number of morpholine rings is 1. The standard InChI is InChI=1S/C24H30N4O4/c1-5-31-20-15-19(27-9-11-30-12-10-27)21(32-6-2)14-18(20)26-24(29)23-17(4)25-22-13-16(3)7-8-28(22)23/h7-8,13-15H,5-6,9-12H2,1-4H3,(H,26,29). The van der Waals surface area contributed by atoms with Crippen LogP contribution >= 0.6 is 0 Å². The fraction of sp³-hybridized carbons (Fsp3) is 0.417. The molecule has 1 aromatic carbocycles. The quantitative estimate of drug-likeness (QED) is 0.604. The number of hydrogen-bond acceptors (Lipinski definition) is 6. The van der Waals surface area contributed by atoms with Crippen LogP contribution < -0.4 is 19.7 Å². The maximum absolute atomic E-state index is 13.3. The van der Waals surface area contributed by atoms with Crippen LogP contribution in [-0.4, -0.2) is 54.8 Å². The number of aromatic nitrogens is 2. The Kier molecular flexibility index (Phi) is 6.50. The van der Waals surface area contributed by atoms with Crippen molar-refractivity contribution in [2.75, 3.05) is 49.7 Å². The number of imidazole rings is 1. The summed E-state index contributed by atoms with van der Waals surface area (Å²) in [6, 6.07) is 7.71. The highest BCUT2D eigenvalue weighted by Crippen LogP contribution is 2.39. The topological polar surface area (TPSA) is 77.3 Å². The lowest BCUT2D eigenvalue weighted by Gasteiger charge is -2.31. The molecule has 1 amide bonds. The third-order valence-electron chi connectivity index (χ3n) is 5.43. The summed E-state index contributed by atoms with van der Waals surface area (Å²) in [5, 5.41) is 3.03. The number of pyridine rings is 1. The summed E-state index contributed by atoms with van der Waals surface area (Å²) in [5.41, 5.74) is 4.51. The summed E-state index contributed by atoms with van der Waals surface area (Å²) in [6.45, 7) is 11.6. The predicted octanol–water partition coefficient (Wildman–Crippen LogP) is 3.84. The molecule has 170 valence electrons. The van der Waals surface area contributed by atoms with Crippen LogP contribution in [0, 0.1) is 13.8 Å². The molecule has 1 N–H and O–H groups in total. The lowest BCUT2D eigenvalue weighted by molar-refractivity contribution is 0.102. The molecule has 8 nitrogen and oxygen atoms in total. The number of rotatable bonds is 7. The zero-order valence-electron chi connectivity index (χ0n) is 19.1. The van der Waals surface area contributed by atoms with Crippen molar-refractivity contribution in [2.45, 2.75) is 27.7 Å². The number of nitrogens with one attached hydrogen (secondary N) is 1. The highest BCUT2D eigenvalue weighted by atomic mass is 16.5. The van der Waals surface area contributed by atoms with Gasteiger partial charge in [-0.3, -0.25) is 9.20 Å². The molecule has 0 unspecified atom stereocenters. The highest BCUT2D eigenvalue weighted by molar-refractivity contribution is 6.05. The number of carbonyl (C=O) groups is 1. The van der Waals surface area contributed by atoms with Gasteiger partial charge < -0.3 is 24.4 Å².